The maximum absolute atomic E-state index is 12.6. The summed E-state index contributed by atoms with van der Waals surface area (Å²) in [5.41, 5.74) is 0.407. The highest BCUT2D eigenvalue weighted by atomic mass is 16.6. The monoisotopic (exact) mass is 398 g/mol. The number of aliphatic hydroxyl groups is 1. The zero-order chi connectivity index (χ0) is 20.4. The number of ether oxygens (including phenoxy) is 2. The van der Waals surface area contributed by atoms with Crippen LogP contribution < -0.4 is 0 Å². The molecule has 5 heteroatoms. The molecular formula is C24H30O5. The van der Waals surface area contributed by atoms with Crippen LogP contribution in [0.2, 0.25) is 0 Å². The molecule has 29 heavy (non-hydrogen) atoms. The second-order valence-corrected chi connectivity index (χ2v) is 9.06. The first-order valence-electron chi connectivity index (χ1n) is 10.8. The van der Waals surface area contributed by atoms with E-state index in [-0.39, 0.29) is 41.4 Å². The molecule has 5 nitrogen and oxygen atoms in total. The number of carbonyl (C=O) groups is 2. The molecule has 0 unspecified atom stereocenters. The maximum Gasteiger partial charge on any atom is 0.338 e. The number of carbonyl (C=O) groups excluding carboxylic acids is 2. The number of esters is 2. The SMILES string of the molecule is CC1([C@@H](O)C=C[C@H]2[C@@H]3CC(=O)O[C@@H]3C[C@@H]2OC(=O)c2ccccc2)CCCCC1. The van der Waals surface area contributed by atoms with E-state index < -0.39 is 6.10 Å². The first kappa shape index (κ1) is 20.1. The molecule has 4 rings (SSSR count). The van der Waals surface area contributed by atoms with Gasteiger partial charge < -0.3 is 14.6 Å². The van der Waals surface area contributed by atoms with Gasteiger partial charge in [0.25, 0.3) is 0 Å². The van der Waals surface area contributed by atoms with Gasteiger partial charge in [-0.25, -0.2) is 4.79 Å². The van der Waals surface area contributed by atoms with Crippen molar-refractivity contribution in [3.63, 3.8) is 0 Å². The van der Waals surface area contributed by atoms with Gasteiger partial charge in [-0.2, -0.15) is 0 Å². The van der Waals surface area contributed by atoms with Crippen molar-refractivity contribution in [2.24, 2.45) is 17.3 Å². The molecule has 1 N–H and O–H groups in total. The zero-order valence-corrected chi connectivity index (χ0v) is 17.0. The Morgan fingerprint density at radius 2 is 1.97 bits per heavy atom. The van der Waals surface area contributed by atoms with E-state index >= 15 is 0 Å². The standard InChI is InChI=1S/C24H30O5/c1-24(12-6-3-7-13-24)21(25)11-10-17-18-14-22(26)28-20(18)15-19(17)29-23(27)16-8-4-2-5-9-16/h2,4-5,8-11,17-21,25H,3,6-7,12-15H2,1H3/t17-,18-,19-,20+,21-/m0/s1. The molecule has 5 atom stereocenters. The van der Waals surface area contributed by atoms with Crippen molar-refractivity contribution < 1.29 is 24.2 Å². The number of hydrogen-bond donors (Lipinski definition) is 1. The highest BCUT2D eigenvalue weighted by Gasteiger charge is 2.51. The molecule has 1 aliphatic heterocycles. The number of benzene rings is 1. The van der Waals surface area contributed by atoms with Gasteiger partial charge in [-0.1, -0.05) is 56.5 Å². The Kier molecular flexibility index (Phi) is 5.77. The summed E-state index contributed by atoms with van der Waals surface area (Å²) in [7, 11) is 0. The minimum Gasteiger partial charge on any atom is -0.462 e. The molecule has 0 radical (unpaired) electrons. The zero-order valence-electron chi connectivity index (χ0n) is 17.0. The van der Waals surface area contributed by atoms with Crippen molar-refractivity contribution in [2.75, 3.05) is 0 Å². The lowest BCUT2D eigenvalue weighted by Gasteiger charge is -2.36. The van der Waals surface area contributed by atoms with Crippen molar-refractivity contribution >= 4 is 11.9 Å². The second-order valence-electron chi connectivity index (χ2n) is 9.06. The Bertz CT molecular complexity index is 765. The van der Waals surface area contributed by atoms with Gasteiger partial charge in [0.05, 0.1) is 18.1 Å². The number of hydrogen-bond acceptors (Lipinski definition) is 5. The molecule has 0 spiro atoms. The Morgan fingerprint density at radius 3 is 2.69 bits per heavy atom. The molecule has 1 aromatic carbocycles. The normalized spacial score (nSPS) is 32.0. The molecule has 0 bridgehead atoms. The van der Waals surface area contributed by atoms with Gasteiger partial charge in [0, 0.05) is 18.3 Å². The first-order valence-corrected chi connectivity index (χ1v) is 10.8. The lowest BCUT2D eigenvalue weighted by atomic mass is 9.71. The highest BCUT2D eigenvalue weighted by Crippen LogP contribution is 2.45. The van der Waals surface area contributed by atoms with Gasteiger partial charge in [0.1, 0.15) is 12.2 Å². The van der Waals surface area contributed by atoms with E-state index in [1.165, 1.54) is 6.42 Å². The van der Waals surface area contributed by atoms with Crippen LogP contribution in [0.25, 0.3) is 0 Å². The Morgan fingerprint density at radius 1 is 1.24 bits per heavy atom. The number of aliphatic hydroxyl groups excluding tert-OH is 1. The van der Waals surface area contributed by atoms with Crippen LogP contribution in [0.5, 0.6) is 0 Å². The van der Waals surface area contributed by atoms with Gasteiger partial charge >= 0.3 is 11.9 Å². The number of rotatable bonds is 5. The van der Waals surface area contributed by atoms with Crippen LogP contribution in [0.15, 0.2) is 42.5 Å². The first-order chi connectivity index (χ1) is 14.0. The molecule has 0 amide bonds. The average Bonchev–Trinajstić information content (AvgIpc) is 3.23. The Balaban J connectivity index is 1.49. The minimum absolute atomic E-state index is 0.00122. The summed E-state index contributed by atoms with van der Waals surface area (Å²) in [6, 6.07) is 8.93. The van der Waals surface area contributed by atoms with Crippen LogP contribution in [-0.2, 0) is 14.3 Å². The van der Waals surface area contributed by atoms with E-state index in [0.717, 1.165) is 25.7 Å². The van der Waals surface area contributed by atoms with Crippen molar-refractivity contribution in [3.8, 4) is 0 Å². The second kappa shape index (κ2) is 8.31. The van der Waals surface area contributed by atoms with E-state index in [4.69, 9.17) is 9.47 Å². The van der Waals surface area contributed by atoms with E-state index in [0.29, 0.717) is 18.4 Å². The van der Waals surface area contributed by atoms with Gasteiger partial charge in [-0.05, 0) is 30.4 Å². The van der Waals surface area contributed by atoms with Crippen LogP contribution in [0.3, 0.4) is 0 Å². The highest BCUT2D eigenvalue weighted by molar-refractivity contribution is 5.89. The number of fused-ring (bicyclic) bond motifs is 1. The van der Waals surface area contributed by atoms with Crippen molar-refractivity contribution in [1.29, 1.82) is 0 Å². The van der Waals surface area contributed by atoms with Crippen LogP contribution >= 0.6 is 0 Å². The lowest BCUT2D eigenvalue weighted by molar-refractivity contribution is -0.141. The third kappa shape index (κ3) is 4.25. The molecule has 156 valence electrons. The lowest BCUT2D eigenvalue weighted by Crippen LogP contribution is -2.33. The quantitative estimate of drug-likeness (QED) is 0.598. The summed E-state index contributed by atoms with van der Waals surface area (Å²) in [5, 5.41) is 10.8. The van der Waals surface area contributed by atoms with E-state index in [1.807, 2.05) is 18.2 Å². The molecule has 3 aliphatic rings. The van der Waals surface area contributed by atoms with Crippen molar-refractivity contribution in [2.45, 2.75) is 70.2 Å². The third-order valence-corrected chi connectivity index (χ3v) is 7.04. The molecule has 0 aromatic heterocycles. The molecule has 2 saturated carbocycles. The largest absolute Gasteiger partial charge is 0.462 e. The van der Waals surface area contributed by atoms with Crippen LogP contribution in [-0.4, -0.2) is 35.4 Å². The molecule has 2 aliphatic carbocycles. The Labute approximate surface area is 172 Å². The van der Waals surface area contributed by atoms with E-state index in [2.05, 4.69) is 6.92 Å². The summed E-state index contributed by atoms with van der Waals surface area (Å²) < 4.78 is 11.3. The smallest absolute Gasteiger partial charge is 0.338 e. The van der Waals surface area contributed by atoms with Crippen LogP contribution in [0, 0.1) is 17.3 Å². The van der Waals surface area contributed by atoms with E-state index in [9.17, 15) is 14.7 Å². The summed E-state index contributed by atoms with van der Waals surface area (Å²) in [6.45, 7) is 2.15. The predicted octanol–water partition coefficient (Wildman–Crippen LogP) is 4.05. The molecule has 1 saturated heterocycles. The summed E-state index contributed by atoms with van der Waals surface area (Å²) in [4.78, 5) is 24.3. The molecular weight excluding hydrogens is 368 g/mol. The van der Waals surface area contributed by atoms with Gasteiger partial charge in [-0.3, -0.25) is 4.79 Å². The minimum atomic E-state index is -0.537. The fraction of sp³-hybridized carbons (Fsp3) is 0.583. The summed E-state index contributed by atoms with van der Waals surface area (Å²) >= 11 is 0. The fourth-order valence-electron chi connectivity index (χ4n) is 5.19. The molecule has 3 fully saturated rings. The van der Waals surface area contributed by atoms with Crippen molar-refractivity contribution in [3.05, 3.63) is 48.0 Å². The maximum atomic E-state index is 12.6. The van der Waals surface area contributed by atoms with Gasteiger partial charge in [0.15, 0.2) is 0 Å². The molecule has 1 aromatic rings. The van der Waals surface area contributed by atoms with Crippen LogP contribution in [0.1, 0.15) is 62.2 Å². The summed E-state index contributed by atoms with van der Waals surface area (Å²) in [5.74, 6) is -0.675. The van der Waals surface area contributed by atoms with Crippen LogP contribution in [0.4, 0.5) is 0 Å². The molecule has 1 heterocycles. The average molecular weight is 398 g/mol. The van der Waals surface area contributed by atoms with Gasteiger partial charge in [0.2, 0.25) is 0 Å². The third-order valence-electron chi connectivity index (χ3n) is 7.04. The predicted molar refractivity (Wildman–Crippen MR) is 108 cm³/mol. The fourth-order valence-corrected chi connectivity index (χ4v) is 5.19. The van der Waals surface area contributed by atoms with E-state index in [1.54, 1.807) is 24.3 Å². The summed E-state index contributed by atoms with van der Waals surface area (Å²) in [6.07, 6.45) is 9.15. The Hall–Kier alpha value is -2.14. The van der Waals surface area contributed by atoms with Crippen molar-refractivity contribution in [1.82, 2.24) is 0 Å². The van der Waals surface area contributed by atoms with Gasteiger partial charge in [-0.15, -0.1) is 0 Å². The topological polar surface area (TPSA) is 72.8 Å².